The van der Waals surface area contributed by atoms with E-state index in [-0.39, 0.29) is 6.42 Å². The van der Waals surface area contributed by atoms with Gasteiger partial charge in [-0.25, -0.2) is 9.18 Å². The Hall–Kier alpha value is -3.62. The Labute approximate surface area is 173 Å². The minimum atomic E-state index is -1.35. The van der Waals surface area contributed by atoms with Crippen LogP contribution in [0.4, 0.5) is 14.9 Å². The van der Waals surface area contributed by atoms with E-state index in [1.165, 1.54) is 38.5 Å². The lowest BCUT2D eigenvalue weighted by Gasteiger charge is -2.25. The number of ether oxygens (including phenoxy) is 2. The molecule has 1 aliphatic heterocycles. The van der Waals surface area contributed by atoms with Crippen LogP contribution in [0.2, 0.25) is 0 Å². The summed E-state index contributed by atoms with van der Waals surface area (Å²) < 4.78 is 23.6. The van der Waals surface area contributed by atoms with Gasteiger partial charge >= 0.3 is 6.03 Å². The van der Waals surface area contributed by atoms with Gasteiger partial charge in [0.1, 0.15) is 29.4 Å². The van der Waals surface area contributed by atoms with E-state index in [4.69, 9.17) is 9.47 Å². The van der Waals surface area contributed by atoms with Crippen LogP contribution in [0.3, 0.4) is 0 Å². The standard InChI is InChI=1S/C21H22FN3O5/c1-4-21(13-5-7-14(22)8-6-13)19(27)25(20(28)24-21)12-18(26)23-16-11-15(29-2)9-10-17(16)30-3/h5-11H,4,12H2,1-3H3,(H,23,26)(H,24,28). The molecule has 1 saturated heterocycles. The summed E-state index contributed by atoms with van der Waals surface area (Å²) in [6, 6.07) is 9.50. The van der Waals surface area contributed by atoms with Crippen LogP contribution >= 0.6 is 0 Å². The molecule has 2 aromatic rings. The number of hydrogen-bond donors (Lipinski definition) is 2. The van der Waals surface area contributed by atoms with Gasteiger partial charge in [-0.15, -0.1) is 0 Å². The van der Waals surface area contributed by atoms with Crippen LogP contribution in [0.5, 0.6) is 11.5 Å². The number of hydrogen-bond acceptors (Lipinski definition) is 5. The molecule has 0 aliphatic carbocycles. The SMILES string of the molecule is CCC1(c2ccc(F)cc2)NC(=O)N(CC(=O)Nc2cc(OC)ccc2OC)C1=O. The number of imide groups is 1. The number of methoxy groups -OCH3 is 2. The summed E-state index contributed by atoms with van der Waals surface area (Å²) in [5, 5.41) is 5.28. The summed E-state index contributed by atoms with van der Waals surface area (Å²) >= 11 is 0. The number of carbonyl (C=O) groups excluding carboxylic acids is 3. The van der Waals surface area contributed by atoms with Crippen LogP contribution < -0.4 is 20.1 Å². The lowest BCUT2D eigenvalue weighted by Crippen LogP contribution is -2.44. The molecule has 2 aromatic carbocycles. The van der Waals surface area contributed by atoms with Gasteiger partial charge in [-0.3, -0.25) is 14.5 Å². The minimum Gasteiger partial charge on any atom is -0.497 e. The molecule has 1 atom stereocenters. The Morgan fingerprint density at radius 2 is 1.83 bits per heavy atom. The highest BCUT2D eigenvalue weighted by molar-refractivity contribution is 6.10. The summed E-state index contributed by atoms with van der Waals surface area (Å²) in [5.41, 5.74) is -0.560. The second-order valence-electron chi connectivity index (χ2n) is 6.70. The fourth-order valence-electron chi connectivity index (χ4n) is 3.39. The van der Waals surface area contributed by atoms with E-state index in [0.717, 1.165) is 4.90 Å². The van der Waals surface area contributed by atoms with E-state index in [2.05, 4.69) is 10.6 Å². The van der Waals surface area contributed by atoms with Gasteiger partial charge < -0.3 is 20.1 Å². The normalized spacial score (nSPS) is 18.2. The molecular weight excluding hydrogens is 393 g/mol. The van der Waals surface area contributed by atoms with Gasteiger partial charge in [0.25, 0.3) is 5.91 Å². The Kier molecular flexibility index (Phi) is 5.91. The van der Waals surface area contributed by atoms with Gasteiger partial charge in [-0.05, 0) is 36.2 Å². The van der Waals surface area contributed by atoms with E-state index in [1.807, 2.05) is 0 Å². The zero-order chi connectivity index (χ0) is 21.9. The first-order valence-electron chi connectivity index (χ1n) is 9.26. The van der Waals surface area contributed by atoms with Gasteiger partial charge in [-0.1, -0.05) is 19.1 Å². The number of halogens is 1. The second-order valence-corrected chi connectivity index (χ2v) is 6.70. The predicted molar refractivity (Wildman–Crippen MR) is 107 cm³/mol. The summed E-state index contributed by atoms with van der Waals surface area (Å²) in [5.74, 6) is -0.714. The molecule has 2 N–H and O–H groups in total. The molecule has 3 rings (SSSR count). The monoisotopic (exact) mass is 415 g/mol. The Bertz CT molecular complexity index is 979. The summed E-state index contributed by atoms with van der Waals surface area (Å²) in [7, 11) is 2.94. The third-order valence-electron chi connectivity index (χ3n) is 5.03. The Balaban J connectivity index is 1.80. The number of anilines is 1. The van der Waals surface area contributed by atoms with Gasteiger partial charge in [0.05, 0.1) is 19.9 Å². The second kappa shape index (κ2) is 8.40. The summed E-state index contributed by atoms with van der Waals surface area (Å²) in [6.07, 6.45) is 0.241. The molecule has 0 spiro atoms. The van der Waals surface area contributed by atoms with Crippen LogP contribution in [0.1, 0.15) is 18.9 Å². The van der Waals surface area contributed by atoms with Crippen LogP contribution in [-0.2, 0) is 15.1 Å². The molecule has 0 aromatic heterocycles. The van der Waals surface area contributed by atoms with E-state index >= 15 is 0 Å². The number of rotatable bonds is 7. The quantitative estimate of drug-likeness (QED) is 0.678. The molecule has 1 heterocycles. The van der Waals surface area contributed by atoms with Crippen LogP contribution in [0, 0.1) is 5.82 Å². The predicted octanol–water partition coefficient (Wildman–Crippen LogP) is 2.64. The smallest absolute Gasteiger partial charge is 0.325 e. The molecule has 4 amide bonds. The van der Waals surface area contributed by atoms with E-state index in [0.29, 0.717) is 22.7 Å². The van der Waals surface area contributed by atoms with Crippen LogP contribution in [-0.4, -0.2) is 43.5 Å². The zero-order valence-corrected chi connectivity index (χ0v) is 16.8. The van der Waals surface area contributed by atoms with Crippen molar-refractivity contribution in [2.24, 2.45) is 0 Å². The number of urea groups is 1. The Morgan fingerprint density at radius 1 is 1.13 bits per heavy atom. The van der Waals surface area contributed by atoms with Gasteiger partial charge in [-0.2, -0.15) is 0 Å². The average Bonchev–Trinajstić information content (AvgIpc) is 2.99. The fourth-order valence-corrected chi connectivity index (χ4v) is 3.39. The third-order valence-corrected chi connectivity index (χ3v) is 5.03. The van der Waals surface area contributed by atoms with Crippen molar-refractivity contribution in [1.29, 1.82) is 0 Å². The van der Waals surface area contributed by atoms with Crippen molar-refractivity contribution in [2.45, 2.75) is 18.9 Å². The van der Waals surface area contributed by atoms with Gasteiger partial charge in [0, 0.05) is 6.07 Å². The van der Waals surface area contributed by atoms with Crippen molar-refractivity contribution in [1.82, 2.24) is 10.2 Å². The molecule has 1 fully saturated rings. The molecule has 1 unspecified atom stereocenters. The maximum Gasteiger partial charge on any atom is 0.325 e. The highest BCUT2D eigenvalue weighted by atomic mass is 19.1. The summed E-state index contributed by atoms with van der Waals surface area (Å²) in [6.45, 7) is 1.24. The minimum absolute atomic E-state index is 0.241. The first kappa shape index (κ1) is 21.1. The molecule has 0 radical (unpaired) electrons. The highest BCUT2D eigenvalue weighted by Gasteiger charge is 2.51. The topological polar surface area (TPSA) is 97.0 Å². The van der Waals surface area contributed by atoms with E-state index in [1.54, 1.807) is 25.1 Å². The molecule has 8 nitrogen and oxygen atoms in total. The Morgan fingerprint density at radius 3 is 2.43 bits per heavy atom. The molecule has 158 valence electrons. The van der Waals surface area contributed by atoms with Crippen molar-refractivity contribution in [3.05, 3.63) is 53.8 Å². The number of amides is 4. The molecular formula is C21H22FN3O5. The van der Waals surface area contributed by atoms with Crippen molar-refractivity contribution in [3.63, 3.8) is 0 Å². The highest BCUT2D eigenvalue weighted by Crippen LogP contribution is 2.33. The van der Waals surface area contributed by atoms with Gasteiger partial charge in [0.2, 0.25) is 5.91 Å². The first-order chi connectivity index (χ1) is 14.3. The van der Waals surface area contributed by atoms with E-state index in [9.17, 15) is 18.8 Å². The van der Waals surface area contributed by atoms with Crippen molar-refractivity contribution >= 4 is 23.5 Å². The summed E-state index contributed by atoms with van der Waals surface area (Å²) in [4.78, 5) is 39.0. The lowest BCUT2D eigenvalue weighted by atomic mass is 9.87. The largest absolute Gasteiger partial charge is 0.497 e. The average molecular weight is 415 g/mol. The number of carbonyl (C=O) groups is 3. The lowest BCUT2D eigenvalue weighted by molar-refractivity contribution is -0.134. The van der Waals surface area contributed by atoms with Gasteiger partial charge in [0.15, 0.2) is 0 Å². The molecule has 9 heteroatoms. The van der Waals surface area contributed by atoms with Crippen molar-refractivity contribution < 1.29 is 28.2 Å². The first-order valence-corrected chi connectivity index (χ1v) is 9.26. The molecule has 0 bridgehead atoms. The van der Waals surface area contributed by atoms with Crippen molar-refractivity contribution in [3.8, 4) is 11.5 Å². The molecule has 1 aliphatic rings. The third kappa shape index (κ3) is 3.78. The van der Waals surface area contributed by atoms with Crippen molar-refractivity contribution in [2.75, 3.05) is 26.1 Å². The van der Waals surface area contributed by atoms with Crippen LogP contribution in [0.25, 0.3) is 0 Å². The zero-order valence-electron chi connectivity index (χ0n) is 16.8. The van der Waals surface area contributed by atoms with E-state index < -0.39 is 35.7 Å². The maximum atomic E-state index is 13.3. The fraction of sp³-hybridized carbons (Fsp3) is 0.286. The number of nitrogens with zero attached hydrogens (tertiary/aromatic N) is 1. The van der Waals surface area contributed by atoms with Crippen LogP contribution in [0.15, 0.2) is 42.5 Å². The molecule has 0 saturated carbocycles. The molecule has 30 heavy (non-hydrogen) atoms. The number of nitrogens with one attached hydrogen (secondary N) is 2. The number of benzene rings is 2. The maximum absolute atomic E-state index is 13.3.